The number of amides is 2. The molecule has 174 valence electrons. The number of carbonyl (C=O) groups is 3. The molecule has 0 bridgehead atoms. The summed E-state index contributed by atoms with van der Waals surface area (Å²) in [6.45, 7) is 0.720. The third-order valence-electron chi connectivity index (χ3n) is 6.79. The van der Waals surface area contributed by atoms with Gasteiger partial charge in [0.1, 0.15) is 6.61 Å². The van der Waals surface area contributed by atoms with Gasteiger partial charge in [0.05, 0.1) is 24.1 Å². The minimum absolute atomic E-state index is 0.0428. The van der Waals surface area contributed by atoms with Crippen LogP contribution in [0.15, 0.2) is 30.3 Å². The van der Waals surface area contributed by atoms with E-state index in [9.17, 15) is 23.2 Å². The lowest BCUT2D eigenvalue weighted by Gasteiger charge is -2.27. The van der Waals surface area contributed by atoms with Gasteiger partial charge < -0.3 is 20.7 Å². The van der Waals surface area contributed by atoms with Crippen molar-refractivity contribution in [2.24, 2.45) is 11.3 Å². The molecule has 1 aromatic rings. The van der Waals surface area contributed by atoms with Crippen LogP contribution in [0.2, 0.25) is 0 Å². The third-order valence-corrected chi connectivity index (χ3v) is 6.79. The highest BCUT2D eigenvalue weighted by molar-refractivity contribution is 5.92. The van der Waals surface area contributed by atoms with Gasteiger partial charge in [-0.25, -0.2) is 8.78 Å². The van der Waals surface area contributed by atoms with Crippen molar-refractivity contribution in [1.29, 1.82) is 0 Å². The summed E-state index contributed by atoms with van der Waals surface area (Å²) in [6, 6.07) is 7.70. The second-order valence-electron chi connectivity index (χ2n) is 9.17. The maximum atomic E-state index is 13.7. The molecular formula is C23H29F2N3O4. The molecule has 1 aliphatic carbocycles. The molecule has 2 amide bonds. The molecule has 2 aliphatic heterocycles. The lowest BCUT2D eigenvalue weighted by atomic mass is 9.90. The molecule has 3 aliphatic rings. The summed E-state index contributed by atoms with van der Waals surface area (Å²) in [5.74, 6) is -4.08. The lowest BCUT2D eigenvalue weighted by molar-refractivity contribution is -0.133. The van der Waals surface area contributed by atoms with E-state index in [1.165, 1.54) is 0 Å². The van der Waals surface area contributed by atoms with E-state index >= 15 is 0 Å². The topological polar surface area (TPSA) is 96.5 Å². The van der Waals surface area contributed by atoms with Crippen molar-refractivity contribution in [3.8, 4) is 0 Å². The summed E-state index contributed by atoms with van der Waals surface area (Å²) >= 11 is 0. The number of Topliss-reactive ketones (excluding diaryl/α,β-unsaturated/α-hetero) is 1. The summed E-state index contributed by atoms with van der Waals surface area (Å²) < 4.78 is 32.9. The van der Waals surface area contributed by atoms with Crippen LogP contribution in [0.1, 0.15) is 37.7 Å². The number of benzene rings is 1. The molecule has 1 spiro atoms. The Labute approximate surface area is 185 Å². The smallest absolute Gasteiger partial charge is 0.255 e. The molecule has 1 aromatic carbocycles. The van der Waals surface area contributed by atoms with Gasteiger partial charge in [0.15, 0.2) is 5.78 Å². The van der Waals surface area contributed by atoms with Gasteiger partial charge in [-0.1, -0.05) is 30.3 Å². The zero-order valence-electron chi connectivity index (χ0n) is 17.9. The van der Waals surface area contributed by atoms with Gasteiger partial charge in [-0.15, -0.1) is 0 Å². The first kappa shape index (κ1) is 22.8. The van der Waals surface area contributed by atoms with E-state index in [4.69, 9.17) is 4.74 Å². The molecule has 9 heteroatoms. The average Bonchev–Trinajstić information content (AvgIpc) is 3.08. The molecule has 4 rings (SSSR count). The first-order valence-electron chi connectivity index (χ1n) is 11.1. The number of ketones is 1. The molecule has 0 aromatic heterocycles. The van der Waals surface area contributed by atoms with E-state index in [1.807, 2.05) is 30.3 Å². The Balaban J connectivity index is 1.36. The Morgan fingerprint density at radius 1 is 1.25 bits per heavy atom. The van der Waals surface area contributed by atoms with Gasteiger partial charge in [0.25, 0.3) is 5.92 Å². The van der Waals surface area contributed by atoms with Crippen molar-refractivity contribution in [2.45, 2.75) is 56.7 Å². The van der Waals surface area contributed by atoms with Crippen LogP contribution in [-0.2, 0) is 25.7 Å². The van der Waals surface area contributed by atoms with Crippen molar-refractivity contribution in [3.63, 3.8) is 0 Å². The highest BCUT2D eigenvalue weighted by atomic mass is 19.3. The van der Waals surface area contributed by atoms with Crippen LogP contribution in [0.25, 0.3) is 0 Å². The fourth-order valence-corrected chi connectivity index (χ4v) is 4.67. The first-order chi connectivity index (χ1) is 15.3. The van der Waals surface area contributed by atoms with Crippen molar-refractivity contribution in [2.75, 3.05) is 19.7 Å². The quantitative estimate of drug-likeness (QED) is 0.532. The number of alkyl halides is 2. The fourth-order valence-electron chi connectivity index (χ4n) is 4.67. The van der Waals surface area contributed by atoms with Crippen LogP contribution in [0.3, 0.4) is 0 Å². The minimum Gasteiger partial charge on any atom is -0.369 e. The summed E-state index contributed by atoms with van der Waals surface area (Å²) in [6.07, 6.45) is 1.43. The van der Waals surface area contributed by atoms with Crippen LogP contribution in [0.5, 0.6) is 0 Å². The molecule has 2 unspecified atom stereocenters. The highest BCUT2D eigenvalue weighted by Gasteiger charge is 2.73. The Morgan fingerprint density at radius 2 is 2.00 bits per heavy atom. The van der Waals surface area contributed by atoms with E-state index < -0.39 is 29.3 Å². The monoisotopic (exact) mass is 449 g/mol. The summed E-state index contributed by atoms with van der Waals surface area (Å²) in [4.78, 5) is 37.9. The van der Waals surface area contributed by atoms with Crippen molar-refractivity contribution in [3.05, 3.63) is 35.9 Å². The number of carbonyl (C=O) groups excluding carboxylic acids is 3. The molecule has 3 fully saturated rings. The summed E-state index contributed by atoms with van der Waals surface area (Å²) in [5.41, 5.74) is -0.227. The van der Waals surface area contributed by atoms with Crippen molar-refractivity contribution in [1.82, 2.24) is 16.0 Å². The number of halogens is 2. The standard InChI is InChI=1S/C23H29F2N3O4/c24-23(25)13-22(23)10-18(27-14-22)21(31)28-17(9-16-7-4-8-26-20(16)30)19(29)12-32-11-15-5-2-1-3-6-15/h1-3,5-6,16-18,27H,4,7-14H2,(H,26,30)(H,28,31)/t16-,17-,18?,22?/m0/s1. The molecule has 32 heavy (non-hydrogen) atoms. The van der Waals surface area contributed by atoms with Crippen LogP contribution in [0, 0.1) is 11.3 Å². The van der Waals surface area contributed by atoms with Crippen LogP contribution in [0.4, 0.5) is 8.78 Å². The van der Waals surface area contributed by atoms with Gasteiger partial charge in [0.2, 0.25) is 11.8 Å². The van der Waals surface area contributed by atoms with Crippen LogP contribution >= 0.6 is 0 Å². The van der Waals surface area contributed by atoms with Gasteiger partial charge >= 0.3 is 0 Å². The van der Waals surface area contributed by atoms with Gasteiger partial charge in [-0.05, 0) is 31.2 Å². The number of nitrogens with one attached hydrogen (secondary N) is 3. The van der Waals surface area contributed by atoms with Crippen molar-refractivity contribution >= 4 is 17.6 Å². The summed E-state index contributed by atoms with van der Waals surface area (Å²) in [5, 5.41) is 8.37. The van der Waals surface area contributed by atoms with Crippen molar-refractivity contribution < 1.29 is 27.9 Å². The molecule has 1 saturated carbocycles. The Kier molecular flexibility index (Phi) is 6.57. The summed E-state index contributed by atoms with van der Waals surface area (Å²) in [7, 11) is 0. The van der Waals surface area contributed by atoms with E-state index in [2.05, 4.69) is 16.0 Å². The largest absolute Gasteiger partial charge is 0.369 e. The van der Waals surface area contributed by atoms with E-state index in [0.29, 0.717) is 13.0 Å². The second-order valence-corrected chi connectivity index (χ2v) is 9.17. The molecule has 0 radical (unpaired) electrons. The van der Waals surface area contributed by atoms with E-state index in [-0.39, 0.29) is 56.6 Å². The molecule has 2 saturated heterocycles. The average molecular weight is 449 g/mol. The molecule has 2 heterocycles. The normalized spacial score (nSPS) is 29.4. The number of ether oxygens (including phenoxy) is 1. The molecule has 4 atom stereocenters. The fraction of sp³-hybridized carbons (Fsp3) is 0.609. The van der Waals surface area contributed by atoms with Gasteiger partial charge in [-0.2, -0.15) is 0 Å². The molecule has 3 N–H and O–H groups in total. The lowest BCUT2D eigenvalue weighted by Crippen LogP contribution is -2.51. The zero-order chi connectivity index (χ0) is 22.8. The Hall–Kier alpha value is -2.39. The third kappa shape index (κ3) is 4.99. The van der Waals surface area contributed by atoms with Gasteiger partial charge in [0, 0.05) is 25.4 Å². The predicted molar refractivity (Wildman–Crippen MR) is 112 cm³/mol. The maximum absolute atomic E-state index is 13.7. The van der Waals surface area contributed by atoms with Crippen LogP contribution in [-0.4, -0.2) is 55.3 Å². The number of piperidine rings is 1. The predicted octanol–water partition coefficient (Wildman–Crippen LogP) is 1.56. The number of hydrogen-bond donors (Lipinski definition) is 3. The molecular weight excluding hydrogens is 420 g/mol. The first-order valence-corrected chi connectivity index (χ1v) is 11.1. The maximum Gasteiger partial charge on any atom is 0.255 e. The van der Waals surface area contributed by atoms with Crippen LogP contribution < -0.4 is 16.0 Å². The van der Waals surface area contributed by atoms with E-state index in [0.717, 1.165) is 12.0 Å². The number of hydrogen-bond acceptors (Lipinski definition) is 5. The minimum atomic E-state index is -2.74. The Bertz CT molecular complexity index is 866. The SMILES string of the molecule is O=C(N[C@@H](C[C@@H]1CCCNC1=O)C(=O)COCc1ccccc1)C1CC2(CN1)CC2(F)F. The second kappa shape index (κ2) is 9.23. The highest BCUT2D eigenvalue weighted by Crippen LogP contribution is 2.64. The van der Waals surface area contributed by atoms with E-state index in [1.54, 1.807) is 0 Å². The zero-order valence-corrected chi connectivity index (χ0v) is 17.9. The number of rotatable bonds is 9. The molecule has 7 nitrogen and oxygen atoms in total. The van der Waals surface area contributed by atoms with Gasteiger partial charge in [-0.3, -0.25) is 14.4 Å². The Morgan fingerprint density at radius 3 is 2.66 bits per heavy atom.